The normalized spacial score (nSPS) is 14.3. The SMILES string of the molecule is CCn1c(=O)cc(C(F)(F)F)c2ccc(OCC(=O)N3CCN(c4ccccc4OC)CC3)cc21. The summed E-state index contributed by atoms with van der Waals surface area (Å²) >= 11 is 0. The van der Waals surface area contributed by atoms with Gasteiger partial charge >= 0.3 is 6.18 Å². The van der Waals surface area contributed by atoms with Crippen molar-refractivity contribution in [2.24, 2.45) is 0 Å². The minimum Gasteiger partial charge on any atom is -0.495 e. The number of ether oxygens (including phenoxy) is 2. The Bertz CT molecular complexity index is 1280. The van der Waals surface area contributed by atoms with E-state index in [9.17, 15) is 22.8 Å². The maximum Gasteiger partial charge on any atom is 0.417 e. The predicted molar refractivity (Wildman–Crippen MR) is 126 cm³/mol. The van der Waals surface area contributed by atoms with E-state index in [2.05, 4.69) is 4.90 Å². The predicted octanol–water partition coefficient (Wildman–Crippen LogP) is 3.78. The van der Waals surface area contributed by atoms with Gasteiger partial charge in [0, 0.05) is 50.2 Å². The molecule has 0 radical (unpaired) electrons. The summed E-state index contributed by atoms with van der Waals surface area (Å²) in [5.74, 6) is 0.771. The molecule has 1 amide bonds. The highest BCUT2D eigenvalue weighted by molar-refractivity contribution is 5.85. The lowest BCUT2D eigenvalue weighted by atomic mass is 10.1. The van der Waals surface area contributed by atoms with Crippen LogP contribution >= 0.6 is 0 Å². The van der Waals surface area contributed by atoms with Gasteiger partial charge < -0.3 is 23.8 Å². The molecule has 2 heterocycles. The molecule has 1 aliphatic rings. The number of nitrogens with zero attached hydrogens (tertiary/aromatic N) is 3. The number of anilines is 1. The maximum atomic E-state index is 13.4. The van der Waals surface area contributed by atoms with Crippen LogP contribution in [0.15, 0.2) is 53.3 Å². The quantitative estimate of drug-likeness (QED) is 0.528. The number of fused-ring (bicyclic) bond motifs is 1. The number of aromatic nitrogens is 1. The van der Waals surface area contributed by atoms with Gasteiger partial charge in [0.25, 0.3) is 11.5 Å². The number of halogens is 3. The number of piperazine rings is 1. The lowest BCUT2D eigenvalue weighted by Crippen LogP contribution is -2.50. The number of para-hydroxylation sites is 2. The number of alkyl halides is 3. The van der Waals surface area contributed by atoms with Crippen molar-refractivity contribution in [3.8, 4) is 11.5 Å². The molecule has 1 aliphatic heterocycles. The summed E-state index contributed by atoms with van der Waals surface area (Å²) in [5.41, 5.74) is -0.649. The summed E-state index contributed by atoms with van der Waals surface area (Å²) in [6, 6.07) is 12.3. The summed E-state index contributed by atoms with van der Waals surface area (Å²) < 4.78 is 52.6. The van der Waals surface area contributed by atoms with Gasteiger partial charge in [0.1, 0.15) is 11.5 Å². The molecule has 2 aromatic carbocycles. The summed E-state index contributed by atoms with van der Waals surface area (Å²) in [4.78, 5) is 28.8. The molecule has 3 aromatic rings. The number of carbonyl (C=O) groups is 1. The van der Waals surface area contributed by atoms with E-state index in [0.29, 0.717) is 32.2 Å². The van der Waals surface area contributed by atoms with Gasteiger partial charge in [0.05, 0.1) is 23.9 Å². The van der Waals surface area contributed by atoms with Crippen LogP contribution in [0, 0.1) is 0 Å². The number of amides is 1. The largest absolute Gasteiger partial charge is 0.495 e. The van der Waals surface area contributed by atoms with Crippen molar-refractivity contribution in [2.75, 3.05) is 44.8 Å². The Morgan fingerprint density at radius 3 is 2.40 bits per heavy atom. The van der Waals surface area contributed by atoms with E-state index in [1.54, 1.807) is 18.9 Å². The van der Waals surface area contributed by atoms with Crippen LogP contribution in [0.1, 0.15) is 12.5 Å². The van der Waals surface area contributed by atoms with Gasteiger partial charge in [-0.05, 0) is 31.2 Å². The first-order valence-electron chi connectivity index (χ1n) is 11.3. The van der Waals surface area contributed by atoms with Crippen LogP contribution < -0.4 is 19.9 Å². The molecule has 0 unspecified atom stereocenters. The Hall–Kier alpha value is -3.69. The highest BCUT2D eigenvalue weighted by atomic mass is 19.4. The first kappa shape index (κ1) is 24.4. The molecule has 7 nitrogen and oxygen atoms in total. The Balaban J connectivity index is 1.44. The molecule has 0 spiro atoms. The van der Waals surface area contributed by atoms with Crippen LogP contribution in [0.5, 0.6) is 11.5 Å². The van der Waals surface area contributed by atoms with E-state index < -0.39 is 17.3 Å². The molecule has 0 aliphatic carbocycles. The lowest BCUT2D eigenvalue weighted by Gasteiger charge is -2.36. The summed E-state index contributed by atoms with van der Waals surface area (Å²) in [5, 5.41) is -0.0925. The Labute approximate surface area is 200 Å². The van der Waals surface area contributed by atoms with Gasteiger partial charge in [-0.15, -0.1) is 0 Å². The first-order valence-corrected chi connectivity index (χ1v) is 11.3. The van der Waals surface area contributed by atoms with Gasteiger partial charge in [-0.1, -0.05) is 12.1 Å². The smallest absolute Gasteiger partial charge is 0.417 e. The average Bonchev–Trinajstić information content (AvgIpc) is 2.86. The molecule has 1 saturated heterocycles. The van der Waals surface area contributed by atoms with Crippen molar-refractivity contribution in [3.63, 3.8) is 0 Å². The number of rotatable bonds is 6. The van der Waals surface area contributed by atoms with Crippen molar-refractivity contribution in [2.45, 2.75) is 19.6 Å². The summed E-state index contributed by atoms with van der Waals surface area (Å²) in [6.45, 7) is 3.89. The van der Waals surface area contributed by atoms with Crippen molar-refractivity contribution in [1.82, 2.24) is 9.47 Å². The Morgan fingerprint density at radius 2 is 1.74 bits per heavy atom. The third kappa shape index (κ3) is 5.06. The molecule has 0 atom stereocenters. The van der Waals surface area contributed by atoms with E-state index in [-0.39, 0.29) is 35.7 Å². The van der Waals surface area contributed by atoms with E-state index >= 15 is 0 Å². The Kier molecular flexibility index (Phi) is 6.90. The minimum atomic E-state index is -4.66. The fourth-order valence-electron chi connectivity index (χ4n) is 4.34. The topological polar surface area (TPSA) is 64.0 Å². The third-order valence-electron chi connectivity index (χ3n) is 6.13. The number of pyridine rings is 1. The van der Waals surface area contributed by atoms with Crippen molar-refractivity contribution >= 4 is 22.5 Å². The first-order chi connectivity index (χ1) is 16.7. The van der Waals surface area contributed by atoms with E-state index in [1.807, 2.05) is 24.3 Å². The molecule has 186 valence electrons. The standard InChI is InChI=1S/C25H26F3N3O4/c1-3-31-21-14-17(8-9-18(21)19(15-23(31)32)25(26,27)28)35-16-24(33)30-12-10-29(11-13-30)20-6-4-5-7-22(20)34-2/h4-9,14-15H,3,10-13,16H2,1-2H3. The molecule has 1 aromatic heterocycles. The Morgan fingerprint density at radius 1 is 1.03 bits per heavy atom. The zero-order valence-corrected chi connectivity index (χ0v) is 19.5. The molecule has 0 N–H and O–H groups in total. The van der Waals surface area contributed by atoms with Crippen LogP contribution in [0.25, 0.3) is 10.9 Å². The molecule has 35 heavy (non-hydrogen) atoms. The zero-order valence-electron chi connectivity index (χ0n) is 19.5. The lowest BCUT2D eigenvalue weighted by molar-refractivity contribution is -0.136. The highest BCUT2D eigenvalue weighted by Crippen LogP contribution is 2.35. The van der Waals surface area contributed by atoms with Crippen LogP contribution in [0.3, 0.4) is 0 Å². The van der Waals surface area contributed by atoms with Gasteiger partial charge in [-0.25, -0.2) is 0 Å². The molecule has 4 rings (SSSR count). The fourth-order valence-corrected chi connectivity index (χ4v) is 4.34. The van der Waals surface area contributed by atoms with Gasteiger partial charge in [-0.2, -0.15) is 13.2 Å². The number of aryl methyl sites for hydroxylation is 1. The maximum absolute atomic E-state index is 13.4. The summed E-state index contributed by atoms with van der Waals surface area (Å²) in [6.07, 6.45) is -4.66. The second-order valence-electron chi connectivity index (χ2n) is 8.15. The van der Waals surface area contributed by atoms with Crippen LogP contribution in [0.2, 0.25) is 0 Å². The van der Waals surface area contributed by atoms with Crippen molar-refractivity contribution < 1.29 is 27.4 Å². The highest BCUT2D eigenvalue weighted by Gasteiger charge is 2.34. The monoisotopic (exact) mass is 489 g/mol. The van der Waals surface area contributed by atoms with Crippen LogP contribution in [0.4, 0.5) is 18.9 Å². The number of carbonyl (C=O) groups excluding carboxylic acids is 1. The summed E-state index contributed by atoms with van der Waals surface area (Å²) in [7, 11) is 1.62. The molecule has 1 fully saturated rings. The molecule has 10 heteroatoms. The molecule has 0 bridgehead atoms. The third-order valence-corrected chi connectivity index (χ3v) is 6.13. The van der Waals surface area contributed by atoms with Gasteiger partial charge in [0.15, 0.2) is 6.61 Å². The zero-order chi connectivity index (χ0) is 25.2. The van der Waals surface area contributed by atoms with Crippen molar-refractivity contribution in [1.29, 1.82) is 0 Å². The number of hydrogen-bond acceptors (Lipinski definition) is 5. The molecule has 0 saturated carbocycles. The van der Waals surface area contributed by atoms with Crippen LogP contribution in [-0.4, -0.2) is 55.3 Å². The molecular formula is C25H26F3N3O4. The number of benzene rings is 2. The second kappa shape index (κ2) is 9.89. The van der Waals surface area contributed by atoms with E-state index in [0.717, 1.165) is 11.4 Å². The number of methoxy groups -OCH3 is 1. The van der Waals surface area contributed by atoms with Gasteiger partial charge in [0.2, 0.25) is 0 Å². The molecular weight excluding hydrogens is 463 g/mol. The number of hydrogen-bond donors (Lipinski definition) is 0. The van der Waals surface area contributed by atoms with Crippen LogP contribution in [-0.2, 0) is 17.5 Å². The van der Waals surface area contributed by atoms with E-state index in [1.165, 1.54) is 22.8 Å². The van der Waals surface area contributed by atoms with Crippen molar-refractivity contribution in [3.05, 3.63) is 64.4 Å². The average molecular weight is 489 g/mol. The van der Waals surface area contributed by atoms with E-state index in [4.69, 9.17) is 9.47 Å². The second-order valence-corrected chi connectivity index (χ2v) is 8.15. The minimum absolute atomic E-state index is 0.0925. The van der Waals surface area contributed by atoms with Gasteiger partial charge in [-0.3, -0.25) is 9.59 Å². The fraction of sp³-hybridized carbons (Fsp3) is 0.360.